The van der Waals surface area contributed by atoms with Crippen LogP contribution in [0.1, 0.15) is 24.3 Å². The van der Waals surface area contributed by atoms with E-state index in [1.54, 1.807) is 6.07 Å². The Hall–Kier alpha value is -1.97. The van der Waals surface area contributed by atoms with Crippen LogP contribution < -0.4 is 5.32 Å². The number of pyridine rings is 1. The topological polar surface area (TPSA) is 106 Å². The van der Waals surface area contributed by atoms with Gasteiger partial charge in [0.25, 0.3) is 0 Å². The molecule has 0 fully saturated rings. The zero-order valence-corrected chi connectivity index (χ0v) is 9.29. The van der Waals surface area contributed by atoms with E-state index >= 15 is 0 Å². The molecule has 90 valence electrons. The first-order valence-electron chi connectivity index (χ1n) is 5.02. The van der Waals surface area contributed by atoms with E-state index in [9.17, 15) is 15.0 Å². The standard InChI is InChI=1S/C11H13N3O3/c1-7(15)14-6-9(16)11(17)10-8(5-12)3-2-4-13-10/h2-4,9,11,16-17H,6H2,1H3,(H,14,15). The van der Waals surface area contributed by atoms with Gasteiger partial charge in [0.05, 0.1) is 11.3 Å². The molecule has 3 N–H and O–H groups in total. The average Bonchev–Trinajstić information content (AvgIpc) is 2.34. The van der Waals surface area contributed by atoms with Crippen molar-refractivity contribution in [2.75, 3.05) is 6.54 Å². The van der Waals surface area contributed by atoms with Crippen molar-refractivity contribution in [3.05, 3.63) is 29.6 Å². The number of carbonyl (C=O) groups is 1. The number of amides is 1. The van der Waals surface area contributed by atoms with Crippen molar-refractivity contribution in [3.63, 3.8) is 0 Å². The maximum atomic E-state index is 10.7. The zero-order chi connectivity index (χ0) is 12.8. The van der Waals surface area contributed by atoms with Gasteiger partial charge in [0.2, 0.25) is 5.91 Å². The van der Waals surface area contributed by atoms with Crippen LogP contribution in [-0.4, -0.2) is 33.8 Å². The highest BCUT2D eigenvalue weighted by Crippen LogP contribution is 2.17. The molecule has 0 aliphatic rings. The summed E-state index contributed by atoms with van der Waals surface area (Å²) in [5.41, 5.74) is 0.301. The predicted molar refractivity (Wildman–Crippen MR) is 58.6 cm³/mol. The normalized spacial score (nSPS) is 13.5. The fourth-order valence-corrected chi connectivity index (χ4v) is 1.29. The van der Waals surface area contributed by atoms with Crippen LogP contribution in [0.4, 0.5) is 0 Å². The largest absolute Gasteiger partial charge is 0.388 e. The molecule has 0 aromatic carbocycles. The van der Waals surface area contributed by atoms with Gasteiger partial charge in [0.15, 0.2) is 0 Å². The van der Waals surface area contributed by atoms with Gasteiger partial charge in [-0.25, -0.2) is 0 Å². The number of aromatic nitrogens is 1. The van der Waals surface area contributed by atoms with E-state index in [1.165, 1.54) is 19.2 Å². The highest BCUT2D eigenvalue weighted by molar-refractivity contribution is 5.72. The summed E-state index contributed by atoms with van der Waals surface area (Å²) in [7, 11) is 0. The summed E-state index contributed by atoms with van der Waals surface area (Å²) in [5, 5.41) is 30.6. The molecule has 17 heavy (non-hydrogen) atoms. The lowest BCUT2D eigenvalue weighted by Gasteiger charge is -2.18. The van der Waals surface area contributed by atoms with Gasteiger partial charge in [-0.1, -0.05) is 0 Å². The number of hydrogen-bond acceptors (Lipinski definition) is 5. The van der Waals surface area contributed by atoms with Crippen molar-refractivity contribution < 1.29 is 15.0 Å². The minimum absolute atomic E-state index is 0.0993. The van der Waals surface area contributed by atoms with Crippen molar-refractivity contribution in [2.24, 2.45) is 0 Å². The summed E-state index contributed by atoms with van der Waals surface area (Å²) in [4.78, 5) is 14.5. The Morgan fingerprint density at radius 2 is 2.35 bits per heavy atom. The number of rotatable bonds is 4. The van der Waals surface area contributed by atoms with Gasteiger partial charge in [-0.05, 0) is 12.1 Å². The van der Waals surface area contributed by atoms with Gasteiger partial charge in [-0.3, -0.25) is 9.78 Å². The summed E-state index contributed by atoms with van der Waals surface area (Å²) < 4.78 is 0. The minimum Gasteiger partial charge on any atom is -0.388 e. The summed E-state index contributed by atoms with van der Waals surface area (Å²) >= 11 is 0. The lowest BCUT2D eigenvalue weighted by Crippen LogP contribution is -2.34. The predicted octanol–water partition coefficient (Wildman–Crippen LogP) is -0.516. The minimum atomic E-state index is -1.31. The van der Waals surface area contributed by atoms with Crippen LogP contribution in [0.3, 0.4) is 0 Å². The Bertz CT molecular complexity index is 442. The molecule has 1 aromatic rings. The number of carbonyl (C=O) groups excluding carboxylic acids is 1. The maximum absolute atomic E-state index is 10.7. The Morgan fingerprint density at radius 3 is 2.94 bits per heavy atom. The second kappa shape index (κ2) is 5.94. The number of hydrogen-bond donors (Lipinski definition) is 3. The second-order valence-corrected chi connectivity index (χ2v) is 3.50. The van der Waals surface area contributed by atoms with Crippen LogP contribution >= 0.6 is 0 Å². The fraction of sp³-hybridized carbons (Fsp3) is 0.364. The Balaban J connectivity index is 2.78. The van der Waals surface area contributed by atoms with Crippen LogP contribution in [0.2, 0.25) is 0 Å². The van der Waals surface area contributed by atoms with E-state index in [2.05, 4.69) is 10.3 Å². The molecule has 0 saturated carbocycles. The highest BCUT2D eigenvalue weighted by Gasteiger charge is 2.22. The summed E-state index contributed by atoms with van der Waals surface area (Å²) in [5.74, 6) is -0.308. The molecule has 1 amide bonds. The maximum Gasteiger partial charge on any atom is 0.216 e. The first kappa shape index (κ1) is 13.1. The summed E-state index contributed by atoms with van der Waals surface area (Å²) in [6.45, 7) is 1.21. The van der Waals surface area contributed by atoms with Crippen molar-refractivity contribution in [1.82, 2.24) is 10.3 Å². The first-order valence-corrected chi connectivity index (χ1v) is 5.02. The third kappa shape index (κ3) is 3.52. The molecule has 0 aliphatic carbocycles. The van der Waals surface area contributed by atoms with E-state index in [1.807, 2.05) is 6.07 Å². The van der Waals surface area contributed by atoms with E-state index in [-0.39, 0.29) is 23.7 Å². The van der Waals surface area contributed by atoms with Gasteiger partial charge in [-0.15, -0.1) is 0 Å². The first-order chi connectivity index (χ1) is 8.06. The molecule has 2 unspecified atom stereocenters. The lowest BCUT2D eigenvalue weighted by atomic mass is 10.1. The van der Waals surface area contributed by atoms with E-state index in [4.69, 9.17) is 5.26 Å². The smallest absolute Gasteiger partial charge is 0.216 e. The molecule has 0 spiro atoms. The van der Waals surface area contributed by atoms with Gasteiger partial charge in [0, 0.05) is 19.7 Å². The lowest BCUT2D eigenvalue weighted by molar-refractivity contribution is -0.119. The number of aliphatic hydroxyl groups excluding tert-OH is 2. The average molecular weight is 235 g/mol. The van der Waals surface area contributed by atoms with E-state index in [0.717, 1.165) is 0 Å². The Morgan fingerprint density at radius 1 is 1.65 bits per heavy atom. The molecular weight excluding hydrogens is 222 g/mol. The van der Waals surface area contributed by atoms with Crippen molar-refractivity contribution >= 4 is 5.91 Å². The third-order valence-corrected chi connectivity index (χ3v) is 2.16. The van der Waals surface area contributed by atoms with Crippen LogP contribution in [0, 0.1) is 11.3 Å². The number of nitrogens with one attached hydrogen (secondary N) is 1. The van der Waals surface area contributed by atoms with E-state index in [0.29, 0.717) is 0 Å². The van der Waals surface area contributed by atoms with Crippen molar-refractivity contribution in [3.8, 4) is 6.07 Å². The molecule has 1 heterocycles. The molecular formula is C11H13N3O3. The number of aliphatic hydroxyl groups is 2. The van der Waals surface area contributed by atoms with E-state index < -0.39 is 12.2 Å². The monoisotopic (exact) mass is 235 g/mol. The molecule has 6 heteroatoms. The quantitative estimate of drug-likeness (QED) is 0.651. The van der Waals surface area contributed by atoms with Crippen molar-refractivity contribution in [2.45, 2.75) is 19.1 Å². The highest BCUT2D eigenvalue weighted by atomic mass is 16.3. The number of nitriles is 1. The molecule has 1 rings (SSSR count). The third-order valence-electron chi connectivity index (χ3n) is 2.16. The molecule has 0 aliphatic heterocycles. The fourth-order valence-electron chi connectivity index (χ4n) is 1.29. The Kier molecular flexibility index (Phi) is 4.57. The van der Waals surface area contributed by atoms with Crippen LogP contribution in [0.25, 0.3) is 0 Å². The van der Waals surface area contributed by atoms with Gasteiger partial charge >= 0.3 is 0 Å². The van der Waals surface area contributed by atoms with Crippen LogP contribution in [-0.2, 0) is 4.79 Å². The summed E-state index contributed by atoms with van der Waals surface area (Å²) in [6, 6.07) is 4.94. The number of nitrogens with zero attached hydrogens (tertiary/aromatic N) is 2. The zero-order valence-electron chi connectivity index (χ0n) is 9.29. The van der Waals surface area contributed by atoms with Crippen LogP contribution in [0.5, 0.6) is 0 Å². The molecule has 2 atom stereocenters. The second-order valence-electron chi connectivity index (χ2n) is 3.50. The SMILES string of the molecule is CC(=O)NCC(O)C(O)c1ncccc1C#N. The molecule has 0 bridgehead atoms. The molecule has 0 radical (unpaired) electrons. The van der Waals surface area contributed by atoms with Gasteiger partial charge in [0.1, 0.15) is 18.3 Å². The summed E-state index contributed by atoms with van der Waals surface area (Å²) in [6.07, 6.45) is -1.09. The van der Waals surface area contributed by atoms with Gasteiger partial charge in [-0.2, -0.15) is 5.26 Å². The van der Waals surface area contributed by atoms with Crippen molar-refractivity contribution in [1.29, 1.82) is 5.26 Å². The van der Waals surface area contributed by atoms with Gasteiger partial charge < -0.3 is 15.5 Å². The van der Waals surface area contributed by atoms with Crippen LogP contribution in [0.15, 0.2) is 18.3 Å². The molecule has 0 saturated heterocycles. The molecule has 1 aromatic heterocycles. The molecule has 6 nitrogen and oxygen atoms in total. The Labute approximate surface area is 98.5 Å².